The fourth-order valence-corrected chi connectivity index (χ4v) is 5.09. The number of benzene rings is 2. The maximum atomic E-state index is 15.0. The van der Waals surface area contributed by atoms with Gasteiger partial charge in [0.05, 0.1) is 23.6 Å². The minimum absolute atomic E-state index is 0.0691. The highest BCUT2D eigenvalue weighted by molar-refractivity contribution is 7.92. The number of aliphatic hydroxyl groups is 2. The summed E-state index contributed by atoms with van der Waals surface area (Å²) in [4.78, 5) is 20.4. The minimum atomic E-state index is -3.84. The van der Waals surface area contributed by atoms with Crippen LogP contribution in [0.15, 0.2) is 54.7 Å². The molecule has 1 unspecified atom stereocenters. The number of sulfonamides is 1. The maximum Gasteiger partial charge on any atom is 0.232 e. The highest BCUT2D eigenvalue weighted by Crippen LogP contribution is 2.28. The molecular formula is C27H27F2N3O6S. The lowest BCUT2D eigenvalue weighted by Gasteiger charge is -2.11. The lowest BCUT2D eigenvalue weighted by Crippen LogP contribution is -2.21. The zero-order valence-electron chi connectivity index (χ0n) is 20.9. The van der Waals surface area contributed by atoms with Crippen molar-refractivity contribution in [3.63, 3.8) is 0 Å². The number of aromatic nitrogens is 2. The molecule has 0 amide bonds. The Balaban J connectivity index is 1.55. The predicted molar refractivity (Wildman–Crippen MR) is 142 cm³/mol. The topological polar surface area (TPSA) is 142 Å². The number of fused-ring (bicyclic) bond motifs is 1. The maximum absolute atomic E-state index is 15.0. The van der Waals surface area contributed by atoms with Crippen molar-refractivity contribution < 1.29 is 36.9 Å². The molecule has 206 valence electrons. The molecule has 9 nitrogen and oxygen atoms in total. The molecule has 2 heterocycles. The molecule has 1 atom stereocenters. The quantitative estimate of drug-likeness (QED) is 0.193. The summed E-state index contributed by atoms with van der Waals surface area (Å²) in [7, 11) is -3.84. The third-order valence-corrected chi connectivity index (χ3v) is 7.27. The lowest BCUT2D eigenvalue weighted by atomic mass is 10.0. The molecule has 0 aliphatic heterocycles. The first-order chi connectivity index (χ1) is 18.6. The van der Waals surface area contributed by atoms with E-state index in [-0.39, 0.29) is 18.8 Å². The Kier molecular flexibility index (Phi) is 8.58. The van der Waals surface area contributed by atoms with Crippen LogP contribution >= 0.6 is 0 Å². The van der Waals surface area contributed by atoms with Gasteiger partial charge >= 0.3 is 0 Å². The minimum Gasteiger partial charge on any atom is -0.491 e. The van der Waals surface area contributed by atoms with E-state index in [0.717, 1.165) is 17.7 Å². The first-order valence-electron chi connectivity index (χ1n) is 12.1. The summed E-state index contributed by atoms with van der Waals surface area (Å²) in [5.74, 6) is -3.00. The third-order valence-electron chi connectivity index (χ3n) is 5.80. The number of pyridine rings is 1. The van der Waals surface area contributed by atoms with Crippen LogP contribution in [0.2, 0.25) is 0 Å². The number of aliphatic hydroxyl groups excluding tert-OH is 2. The molecule has 39 heavy (non-hydrogen) atoms. The van der Waals surface area contributed by atoms with Gasteiger partial charge in [-0.1, -0.05) is 19.1 Å². The number of rotatable bonds is 12. The molecular weight excluding hydrogens is 532 g/mol. The fourth-order valence-electron chi connectivity index (χ4n) is 3.96. The smallest absolute Gasteiger partial charge is 0.232 e. The lowest BCUT2D eigenvalue weighted by molar-refractivity contribution is 0.0536. The van der Waals surface area contributed by atoms with Crippen molar-refractivity contribution in [3.05, 3.63) is 77.5 Å². The largest absolute Gasteiger partial charge is 0.491 e. The van der Waals surface area contributed by atoms with E-state index < -0.39 is 51.4 Å². The van der Waals surface area contributed by atoms with E-state index in [1.807, 2.05) is 6.07 Å². The molecule has 2 aromatic carbocycles. The highest BCUT2D eigenvalue weighted by Gasteiger charge is 2.23. The highest BCUT2D eigenvalue weighted by atomic mass is 32.2. The van der Waals surface area contributed by atoms with Gasteiger partial charge in [0, 0.05) is 29.3 Å². The Morgan fingerprint density at radius 1 is 1.18 bits per heavy atom. The average Bonchev–Trinajstić information content (AvgIpc) is 3.32. The van der Waals surface area contributed by atoms with Crippen LogP contribution in [0.1, 0.15) is 29.3 Å². The summed E-state index contributed by atoms with van der Waals surface area (Å²) < 4.78 is 61.1. The monoisotopic (exact) mass is 559 g/mol. The van der Waals surface area contributed by atoms with E-state index in [1.54, 1.807) is 37.3 Å². The molecule has 4 N–H and O–H groups in total. The van der Waals surface area contributed by atoms with Crippen molar-refractivity contribution in [2.45, 2.75) is 25.9 Å². The van der Waals surface area contributed by atoms with Crippen LogP contribution in [-0.2, 0) is 16.4 Å². The Labute approximate surface area is 223 Å². The van der Waals surface area contributed by atoms with Gasteiger partial charge in [-0.15, -0.1) is 0 Å². The van der Waals surface area contributed by atoms with Crippen molar-refractivity contribution in [2.75, 3.05) is 23.7 Å². The van der Waals surface area contributed by atoms with Gasteiger partial charge in [0.2, 0.25) is 10.0 Å². The van der Waals surface area contributed by atoms with Gasteiger partial charge in [0.25, 0.3) is 0 Å². The summed E-state index contributed by atoms with van der Waals surface area (Å²) in [5.41, 5.74) is 1.06. The van der Waals surface area contributed by atoms with Crippen LogP contribution in [0.5, 0.6) is 5.75 Å². The molecule has 4 rings (SSSR count). The van der Waals surface area contributed by atoms with Crippen LogP contribution in [0.25, 0.3) is 22.3 Å². The zero-order valence-corrected chi connectivity index (χ0v) is 21.8. The molecule has 0 saturated heterocycles. The summed E-state index contributed by atoms with van der Waals surface area (Å²) >= 11 is 0. The Morgan fingerprint density at radius 3 is 2.72 bits per heavy atom. The molecule has 0 saturated carbocycles. The number of ketones is 1. The van der Waals surface area contributed by atoms with E-state index >= 15 is 4.39 Å². The summed E-state index contributed by atoms with van der Waals surface area (Å²) in [6.07, 6.45) is 0.356. The summed E-state index contributed by atoms with van der Waals surface area (Å²) in [6.45, 7) is 1.16. The predicted octanol–water partition coefficient (Wildman–Crippen LogP) is 3.82. The van der Waals surface area contributed by atoms with E-state index in [9.17, 15) is 22.7 Å². The normalized spacial score (nSPS) is 12.4. The molecule has 0 aliphatic rings. The Morgan fingerprint density at radius 2 is 1.97 bits per heavy atom. The van der Waals surface area contributed by atoms with Gasteiger partial charge in [-0.3, -0.25) is 9.52 Å². The van der Waals surface area contributed by atoms with Crippen molar-refractivity contribution in [1.29, 1.82) is 0 Å². The molecule has 2 aromatic heterocycles. The molecule has 0 aliphatic carbocycles. The van der Waals surface area contributed by atoms with E-state index in [0.29, 0.717) is 34.5 Å². The third kappa shape index (κ3) is 6.77. The first-order valence-corrected chi connectivity index (χ1v) is 13.8. The van der Waals surface area contributed by atoms with Gasteiger partial charge in [0.15, 0.2) is 11.6 Å². The number of nitrogens with one attached hydrogen (secondary N) is 2. The standard InChI is InChI=1S/C27H27F2N3O6S/c1-2-8-39(36,37)32-22-7-6-21(28)25(26(22)29)24(35)10-16-9-18-12-23(31-27(18)30-13-16)17-4-3-5-20(11-17)38-15-19(34)14-33/h3-7,9,11-13,19,32-34H,2,8,10,14-15H2,1H3,(H,30,31). The zero-order chi connectivity index (χ0) is 28.2. The van der Waals surface area contributed by atoms with E-state index in [4.69, 9.17) is 9.84 Å². The van der Waals surface area contributed by atoms with Gasteiger partial charge in [-0.05, 0) is 48.4 Å². The van der Waals surface area contributed by atoms with Crippen molar-refractivity contribution in [3.8, 4) is 17.0 Å². The first kappa shape index (κ1) is 28.1. The second-order valence-electron chi connectivity index (χ2n) is 8.94. The van der Waals surface area contributed by atoms with Crippen LogP contribution in [0.4, 0.5) is 14.5 Å². The van der Waals surface area contributed by atoms with Gasteiger partial charge in [-0.2, -0.15) is 0 Å². The number of halogens is 2. The average molecular weight is 560 g/mol. The van der Waals surface area contributed by atoms with Gasteiger partial charge in [0.1, 0.15) is 29.9 Å². The second-order valence-corrected chi connectivity index (χ2v) is 10.8. The molecule has 0 fully saturated rings. The fraction of sp³-hybridized carbons (Fsp3) is 0.259. The number of carbonyl (C=O) groups is 1. The number of ether oxygens (including phenoxy) is 1. The molecule has 0 bridgehead atoms. The van der Waals surface area contributed by atoms with E-state index in [2.05, 4.69) is 14.7 Å². The number of Topliss-reactive ketones (excluding diaryl/α,β-unsaturated/α-hetero) is 1. The number of carbonyl (C=O) groups excluding carboxylic acids is 1. The number of hydrogen-bond acceptors (Lipinski definition) is 7. The Bertz CT molecular complexity index is 1610. The number of H-pyrrole nitrogens is 1. The number of anilines is 1. The SMILES string of the molecule is CCCS(=O)(=O)Nc1ccc(F)c(C(=O)Cc2cnc3[nH]c(-c4cccc(OCC(O)CO)c4)cc3c2)c1F. The Hall–Kier alpha value is -3.87. The van der Waals surface area contributed by atoms with Crippen molar-refractivity contribution >= 4 is 32.5 Å². The summed E-state index contributed by atoms with van der Waals surface area (Å²) in [6, 6.07) is 12.3. The number of nitrogens with zero attached hydrogens (tertiary/aromatic N) is 1. The van der Waals surface area contributed by atoms with Crippen molar-refractivity contribution in [2.24, 2.45) is 0 Å². The van der Waals surface area contributed by atoms with E-state index in [1.165, 1.54) is 6.20 Å². The van der Waals surface area contributed by atoms with Gasteiger partial charge < -0.3 is 19.9 Å². The van der Waals surface area contributed by atoms with Crippen LogP contribution in [0.3, 0.4) is 0 Å². The van der Waals surface area contributed by atoms with Crippen LogP contribution < -0.4 is 9.46 Å². The van der Waals surface area contributed by atoms with Crippen LogP contribution in [0, 0.1) is 11.6 Å². The molecule has 0 radical (unpaired) electrons. The molecule has 12 heteroatoms. The molecule has 0 spiro atoms. The number of hydrogen-bond donors (Lipinski definition) is 4. The molecule has 4 aromatic rings. The van der Waals surface area contributed by atoms with Gasteiger partial charge in [-0.25, -0.2) is 22.2 Å². The number of aromatic amines is 1. The van der Waals surface area contributed by atoms with Crippen LogP contribution in [-0.4, -0.2) is 59.5 Å². The second kappa shape index (κ2) is 11.9. The van der Waals surface area contributed by atoms with Crippen molar-refractivity contribution in [1.82, 2.24) is 9.97 Å². The summed E-state index contributed by atoms with van der Waals surface area (Å²) in [5, 5.41) is 19.1.